The summed E-state index contributed by atoms with van der Waals surface area (Å²) in [5.74, 6) is 0. The number of nitrogens with zero attached hydrogens (tertiary/aromatic N) is 1. The van der Waals surface area contributed by atoms with Crippen LogP contribution in [0.3, 0.4) is 0 Å². The van der Waals surface area contributed by atoms with Crippen LogP contribution in [0.1, 0.15) is 23.9 Å². The first kappa shape index (κ1) is 8.97. The summed E-state index contributed by atoms with van der Waals surface area (Å²) in [6.07, 6.45) is 4.43. The van der Waals surface area contributed by atoms with Gasteiger partial charge in [-0.25, -0.2) is 4.98 Å². The first-order valence-corrected chi connectivity index (χ1v) is 4.47. The molecule has 1 fully saturated rings. The maximum Gasteiger partial charge on any atom is 0.109 e. The third kappa shape index (κ3) is 1.92. The van der Waals surface area contributed by atoms with Gasteiger partial charge in [0.2, 0.25) is 0 Å². The standard InChI is InChI=1S/C7H10N2S.ClH/c1-2-6(8-3-1)7-9-4-5-10-7;/h4-6,8H,1-3H2;1H/t6-;/m0./s1. The highest BCUT2D eigenvalue weighted by molar-refractivity contribution is 7.09. The van der Waals surface area contributed by atoms with Gasteiger partial charge in [-0.05, 0) is 19.4 Å². The molecule has 0 saturated carbocycles. The van der Waals surface area contributed by atoms with Crippen LogP contribution in [0, 0.1) is 0 Å². The van der Waals surface area contributed by atoms with Gasteiger partial charge >= 0.3 is 0 Å². The van der Waals surface area contributed by atoms with E-state index in [1.165, 1.54) is 17.8 Å². The molecule has 0 unspecified atom stereocenters. The van der Waals surface area contributed by atoms with Gasteiger partial charge in [0, 0.05) is 11.6 Å². The summed E-state index contributed by atoms with van der Waals surface area (Å²) in [7, 11) is 0. The van der Waals surface area contributed by atoms with Crippen molar-refractivity contribution in [3.63, 3.8) is 0 Å². The maximum atomic E-state index is 4.25. The molecule has 0 spiro atoms. The predicted molar refractivity (Wildman–Crippen MR) is 49.3 cm³/mol. The van der Waals surface area contributed by atoms with E-state index in [0.29, 0.717) is 6.04 Å². The van der Waals surface area contributed by atoms with Gasteiger partial charge in [0.15, 0.2) is 0 Å². The lowest BCUT2D eigenvalue weighted by Gasteiger charge is -2.03. The molecule has 1 aliphatic rings. The van der Waals surface area contributed by atoms with E-state index in [4.69, 9.17) is 0 Å². The third-order valence-electron chi connectivity index (χ3n) is 1.81. The SMILES string of the molecule is Cl.c1csc([C@@H]2CCCN2)n1. The second-order valence-corrected chi connectivity index (χ2v) is 3.45. The van der Waals surface area contributed by atoms with E-state index < -0.39 is 0 Å². The number of rotatable bonds is 1. The smallest absolute Gasteiger partial charge is 0.109 e. The van der Waals surface area contributed by atoms with Crippen molar-refractivity contribution < 1.29 is 0 Å². The van der Waals surface area contributed by atoms with Gasteiger partial charge in [0.05, 0.1) is 6.04 Å². The summed E-state index contributed by atoms with van der Waals surface area (Å²) in [6, 6.07) is 0.556. The minimum atomic E-state index is 0. The van der Waals surface area contributed by atoms with Crippen molar-refractivity contribution in [3.05, 3.63) is 16.6 Å². The number of thiazole rings is 1. The van der Waals surface area contributed by atoms with Crippen LogP contribution in [-0.2, 0) is 0 Å². The number of aromatic nitrogens is 1. The average molecular weight is 191 g/mol. The van der Waals surface area contributed by atoms with E-state index in [-0.39, 0.29) is 12.4 Å². The Hall–Kier alpha value is -0.120. The second kappa shape index (κ2) is 4.04. The fourth-order valence-corrected chi connectivity index (χ4v) is 2.05. The van der Waals surface area contributed by atoms with E-state index in [2.05, 4.69) is 10.3 Å². The molecule has 1 saturated heterocycles. The van der Waals surface area contributed by atoms with Crippen LogP contribution < -0.4 is 5.32 Å². The molecule has 2 rings (SSSR count). The van der Waals surface area contributed by atoms with Crippen LogP contribution in [0.25, 0.3) is 0 Å². The Morgan fingerprint density at radius 1 is 1.64 bits per heavy atom. The van der Waals surface area contributed by atoms with Gasteiger partial charge in [0.25, 0.3) is 0 Å². The topological polar surface area (TPSA) is 24.9 Å². The largest absolute Gasteiger partial charge is 0.308 e. The zero-order chi connectivity index (χ0) is 6.81. The third-order valence-corrected chi connectivity index (χ3v) is 2.70. The monoisotopic (exact) mass is 190 g/mol. The van der Waals surface area contributed by atoms with Gasteiger partial charge in [0.1, 0.15) is 5.01 Å². The summed E-state index contributed by atoms with van der Waals surface area (Å²) in [5, 5.41) is 6.69. The average Bonchev–Trinajstić information content (AvgIpc) is 2.59. The van der Waals surface area contributed by atoms with Crippen molar-refractivity contribution in [2.24, 2.45) is 0 Å². The molecule has 2 heterocycles. The van der Waals surface area contributed by atoms with E-state index >= 15 is 0 Å². The molecule has 0 aromatic carbocycles. The van der Waals surface area contributed by atoms with E-state index in [0.717, 1.165) is 6.54 Å². The molecular formula is C7H11ClN2S. The minimum absolute atomic E-state index is 0. The molecule has 0 radical (unpaired) electrons. The molecule has 62 valence electrons. The predicted octanol–water partition coefficient (Wildman–Crippen LogP) is 1.99. The molecule has 0 bridgehead atoms. The zero-order valence-electron chi connectivity index (χ0n) is 6.12. The number of hydrogen-bond donors (Lipinski definition) is 1. The quantitative estimate of drug-likeness (QED) is 0.733. The molecule has 11 heavy (non-hydrogen) atoms. The van der Waals surface area contributed by atoms with Crippen molar-refractivity contribution >= 4 is 23.7 Å². The molecule has 1 N–H and O–H groups in total. The first-order chi connectivity index (χ1) is 4.97. The lowest BCUT2D eigenvalue weighted by molar-refractivity contribution is 0.643. The van der Waals surface area contributed by atoms with Gasteiger partial charge < -0.3 is 5.32 Å². The summed E-state index contributed by atoms with van der Waals surface area (Å²) in [6.45, 7) is 1.16. The zero-order valence-corrected chi connectivity index (χ0v) is 7.75. The van der Waals surface area contributed by atoms with E-state index in [1.807, 2.05) is 11.6 Å². The number of nitrogens with one attached hydrogen (secondary N) is 1. The summed E-state index contributed by atoms with van der Waals surface area (Å²) < 4.78 is 0. The van der Waals surface area contributed by atoms with Gasteiger partial charge in [-0.3, -0.25) is 0 Å². The summed E-state index contributed by atoms with van der Waals surface area (Å²) in [5.41, 5.74) is 0. The number of hydrogen-bond acceptors (Lipinski definition) is 3. The summed E-state index contributed by atoms with van der Waals surface area (Å²) >= 11 is 1.75. The molecule has 1 aliphatic heterocycles. The van der Waals surface area contributed by atoms with Crippen LogP contribution in [0.4, 0.5) is 0 Å². The highest BCUT2D eigenvalue weighted by Gasteiger charge is 2.17. The van der Waals surface area contributed by atoms with Crippen molar-refractivity contribution in [3.8, 4) is 0 Å². The fourth-order valence-electron chi connectivity index (χ4n) is 1.30. The Kier molecular flexibility index (Phi) is 3.30. The lowest BCUT2D eigenvalue weighted by Crippen LogP contribution is -2.12. The second-order valence-electron chi connectivity index (χ2n) is 2.52. The molecule has 0 amide bonds. The summed E-state index contributed by atoms with van der Waals surface area (Å²) in [4.78, 5) is 4.25. The normalized spacial score (nSPS) is 23.1. The Balaban J connectivity index is 0.000000605. The van der Waals surface area contributed by atoms with Crippen molar-refractivity contribution in [2.45, 2.75) is 18.9 Å². The lowest BCUT2D eigenvalue weighted by atomic mass is 10.2. The molecule has 2 nitrogen and oxygen atoms in total. The van der Waals surface area contributed by atoms with Crippen LogP contribution in [-0.4, -0.2) is 11.5 Å². The van der Waals surface area contributed by atoms with E-state index in [1.54, 1.807) is 11.3 Å². The molecule has 1 atom stereocenters. The van der Waals surface area contributed by atoms with E-state index in [9.17, 15) is 0 Å². The van der Waals surface area contributed by atoms with Gasteiger partial charge in [-0.15, -0.1) is 23.7 Å². The number of halogens is 1. The minimum Gasteiger partial charge on any atom is -0.308 e. The Bertz CT molecular complexity index is 194. The van der Waals surface area contributed by atoms with Crippen LogP contribution in [0.5, 0.6) is 0 Å². The Morgan fingerprint density at radius 3 is 3.09 bits per heavy atom. The maximum absolute atomic E-state index is 4.25. The van der Waals surface area contributed by atoms with Crippen molar-refractivity contribution in [1.82, 2.24) is 10.3 Å². The molecule has 1 aromatic rings. The highest BCUT2D eigenvalue weighted by Crippen LogP contribution is 2.23. The molecular weight excluding hydrogens is 180 g/mol. The highest BCUT2D eigenvalue weighted by atomic mass is 35.5. The van der Waals surface area contributed by atoms with Gasteiger partial charge in [-0.1, -0.05) is 0 Å². The van der Waals surface area contributed by atoms with Gasteiger partial charge in [-0.2, -0.15) is 0 Å². The molecule has 4 heteroatoms. The Labute approximate surface area is 76.4 Å². The van der Waals surface area contributed by atoms with Crippen LogP contribution >= 0.6 is 23.7 Å². The Morgan fingerprint density at radius 2 is 2.55 bits per heavy atom. The molecule has 0 aliphatic carbocycles. The van der Waals surface area contributed by atoms with Crippen LogP contribution in [0.2, 0.25) is 0 Å². The fraction of sp³-hybridized carbons (Fsp3) is 0.571. The van der Waals surface area contributed by atoms with Crippen LogP contribution in [0.15, 0.2) is 11.6 Å². The first-order valence-electron chi connectivity index (χ1n) is 3.59. The molecule has 1 aromatic heterocycles. The van der Waals surface area contributed by atoms with Crippen molar-refractivity contribution in [2.75, 3.05) is 6.54 Å². The van der Waals surface area contributed by atoms with Crippen molar-refractivity contribution in [1.29, 1.82) is 0 Å².